The number of piperidine rings is 2. The van der Waals surface area contributed by atoms with E-state index in [1.165, 1.54) is 55.6 Å². The molecule has 2 fully saturated rings. The Hall–Kier alpha value is -2.04. The molecule has 2 saturated heterocycles. The van der Waals surface area contributed by atoms with Gasteiger partial charge in [-0.1, -0.05) is 24.3 Å². The fourth-order valence-corrected chi connectivity index (χ4v) is 4.73. The maximum Gasteiger partial charge on any atom is 0.119 e. The van der Waals surface area contributed by atoms with E-state index in [0.29, 0.717) is 0 Å². The Kier molecular flexibility index (Phi) is 6.18. The number of nitrogens with one attached hydrogen (secondary N) is 1. The summed E-state index contributed by atoms with van der Waals surface area (Å²) in [6.07, 6.45) is 5.12. The molecule has 0 amide bonds. The fourth-order valence-electron chi connectivity index (χ4n) is 4.73. The lowest BCUT2D eigenvalue weighted by Gasteiger charge is -2.42. The molecule has 0 saturated carbocycles. The largest absolute Gasteiger partial charge is 0.497 e. The van der Waals surface area contributed by atoms with Crippen molar-refractivity contribution in [2.45, 2.75) is 37.8 Å². The number of ether oxygens (including phenoxy) is 1. The van der Waals surface area contributed by atoms with Crippen molar-refractivity contribution in [3.8, 4) is 16.9 Å². The zero-order chi connectivity index (χ0) is 19.3. The summed E-state index contributed by atoms with van der Waals surface area (Å²) in [6.45, 7) is 4.80. The van der Waals surface area contributed by atoms with Crippen LogP contribution in [-0.2, 0) is 0 Å². The Morgan fingerprint density at radius 3 is 2.21 bits per heavy atom. The van der Waals surface area contributed by atoms with E-state index in [1.54, 1.807) is 7.11 Å². The van der Waals surface area contributed by atoms with Crippen LogP contribution in [0.2, 0.25) is 0 Å². The van der Waals surface area contributed by atoms with Gasteiger partial charge in [-0.3, -0.25) is 0 Å². The van der Waals surface area contributed by atoms with E-state index >= 15 is 0 Å². The lowest BCUT2D eigenvalue weighted by Crippen LogP contribution is -2.50. The minimum atomic E-state index is 0.718. The van der Waals surface area contributed by atoms with Crippen molar-refractivity contribution in [1.82, 2.24) is 10.2 Å². The second-order valence-corrected chi connectivity index (χ2v) is 8.10. The van der Waals surface area contributed by atoms with Crippen LogP contribution < -0.4 is 15.0 Å². The van der Waals surface area contributed by atoms with Crippen molar-refractivity contribution in [3.63, 3.8) is 0 Å². The van der Waals surface area contributed by atoms with Gasteiger partial charge in [0.2, 0.25) is 0 Å². The summed E-state index contributed by atoms with van der Waals surface area (Å²) < 4.78 is 5.39. The van der Waals surface area contributed by atoms with Gasteiger partial charge in [0.15, 0.2) is 0 Å². The highest BCUT2D eigenvalue weighted by Crippen LogP contribution is 2.30. The maximum atomic E-state index is 5.39. The number of rotatable bonds is 5. The first kappa shape index (κ1) is 19.3. The number of hydrogen-bond donors (Lipinski definition) is 1. The molecule has 0 unspecified atom stereocenters. The van der Waals surface area contributed by atoms with Crippen LogP contribution in [-0.4, -0.2) is 57.3 Å². The first-order valence-corrected chi connectivity index (χ1v) is 10.7. The molecule has 4 nitrogen and oxygen atoms in total. The number of methoxy groups -OCH3 is 1. The number of anilines is 1. The van der Waals surface area contributed by atoms with E-state index in [1.807, 2.05) is 6.07 Å². The van der Waals surface area contributed by atoms with Crippen LogP contribution in [0, 0.1) is 0 Å². The number of benzene rings is 2. The van der Waals surface area contributed by atoms with E-state index in [0.717, 1.165) is 30.9 Å². The molecule has 4 heteroatoms. The van der Waals surface area contributed by atoms with Gasteiger partial charge >= 0.3 is 0 Å². The predicted octanol–water partition coefficient (Wildman–Crippen LogP) is 4.01. The summed E-state index contributed by atoms with van der Waals surface area (Å²) in [5.74, 6) is 0.908. The summed E-state index contributed by atoms with van der Waals surface area (Å²) in [4.78, 5) is 5.29. The average Bonchev–Trinajstić information content (AvgIpc) is 2.79. The third-order valence-electron chi connectivity index (χ3n) is 6.53. The van der Waals surface area contributed by atoms with E-state index < -0.39 is 0 Å². The second kappa shape index (κ2) is 8.97. The van der Waals surface area contributed by atoms with Crippen LogP contribution >= 0.6 is 0 Å². The first-order chi connectivity index (χ1) is 13.8. The Morgan fingerprint density at radius 2 is 1.54 bits per heavy atom. The molecule has 2 aromatic rings. The summed E-state index contributed by atoms with van der Waals surface area (Å²) >= 11 is 0. The van der Waals surface area contributed by atoms with E-state index in [9.17, 15) is 0 Å². The van der Waals surface area contributed by atoms with Crippen LogP contribution in [0.3, 0.4) is 0 Å². The zero-order valence-electron chi connectivity index (χ0n) is 17.2. The van der Waals surface area contributed by atoms with Crippen molar-refractivity contribution < 1.29 is 4.74 Å². The molecule has 2 heterocycles. The highest BCUT2D eigenvalue weighted by Gasteiger charge is 2.27. The predicted molar refractivity (Wildman–Crippen MR) is 117 cm³/mol. The molecule has 0 aromatic heterocycles. The average molecular weight is 380 g/mol. The Balaban J connectivity index is 1.38. The summed E-state index contributed by atoms with van der Waals surface area (Å²) in [6, 6.07) is 18.8. The lowest BCUT2D eigenvalue weighted by atomic mass is 9.97. The van der Waals surface area contributed by atoms with E-state index in [-0.39, 0.29) is 0 Å². The summed E-state index contributed by atoms with van der Waals surface area (Å²) in [7, 11) is 3.82. The van der Waals surface area contributed by atoms with Crippen molar-refractivity contribution in [2.75, 3.05) is 45.2 Å². The molecule has 0 radical (unpaired) electrons. The van der Waals surface area contributed by atoms with Gasteiger partial charge in [0.1, 0.15) is 5.75 Å². The molecule has 4 rings (SSSR count). The van der Waals surface area contributed by atoms with Crippen LogP contribution in [0.1, 0.15) is 25.7 Å². The zero-order valence-corrected chi connectivity index (χ0v) is 17.2. The van der Waals surface area contributed by atoms with Crippen LogP contribution in [0.25, 0.3) is 11.1 Å². The number of hydrogen-bond acceptors (Lipinski definition) is 4. The van der Waals surface area contributed by atoms with Gasteiger partial charge in [-0.25, -0.2) is 0 Å². The molecule has 0 spiro atoms. The standard InChI is InChI=1S/C24H33N3O/c1-25-21-9-13-26(14-10-21)22-11-15-27(16-12-22)23-7-3-5-19(17-23)20-6-4-8-24(18-20)28-2/h3-8,17-18,21-22,25H,9-16H2,1-2H3. The highest BCUT2D eigenvalue weighted by atomic mass is 16.5. The quantitative estimate of drug-likeness (QED) is 0.849. The van der Waals surface area contributed by atoms with Gasteiger partial charge < -0.3 is 19.9 Å². The molecule has 150 valence electrons. The molecule has 1 N–H and O–H groups in total. The van der Waals surface area contributed by atoms with Gasteiger partial charge in [-0.2, -0.15) is 0 Å². The van der Waals surface area contributed by atoms with Gasteiger partial charge in [-0.05, 0) is 81.2 Å². The van der Waals surface area contributed by atoms with Crippen LogP contribution in [0.15, 0.2) is 48.5 Å². The molecule has 2 aromatic carbocycles. The van der Waals surface area contributed by atoms with Crippen molar-refractivity contribution in [1.29, 1.82) is 0 Å². The van der Waals surface area contributed by atoms with Crippen LogP contribution in [0.5, 0.6) is 5.75 Å². The Morgan fingerprint density at radius 1 is 0.857 bits per heavy atom. The van der Waals surface area contributed by atoms with Gasteiger partial charge in [0, 0.05) is 30.9 Å². The third-order valence-corrected chi connectivity index (χ3v) is 6.53. The first-order valence-electron chi connectivity index (χ1n) is 10.7. The van der Waals surface area contributed by atoms with Crippen molar-refractivity contribution in [2.24, 2.45) is 0 Å². The van der Waals surface area contributed by atoms with Crippen LogP contribution in [0.4, 0.5) is 5.69 Å². The normalized spacial score (nSPS) is 19.7. The Bertz CT molecular complexity index is 762. The minimum absolute atomic E-state index is 0.718. The SMILES string of the molecule is CNC1CCN(C2CCN(c3cccc(-c4cccc(OC)c4)c3)CC2)CC1. The third kappa shape index (κ3) is 4.34. The molecule has 0 aliphatic carbocycles. The Labute approximate surface area is 169 Å². The maximum absolute atomic E-state index is 5.39. The second-order valence-electron chi connectivity index (χ2n) is 8.10. The molecule has 28 heavy (non-hydrogen) atoms. The minimum Gasteiger partial charge on any atom is -0.497 e. The summed E-state index contributed by atoms with van der Waals surface area (Å²) in [5, 5.41) is 3.44. The molecule has 0 atom stereocenters. The monoisotopic (exact) mass is 379 g/mol. The van der Waals surface area contributed by atoms with Crippen molar-refractivity contribution in [3.05, 3.63) is 48.5 Å². The molecular weight excluding hydrogens is 346 g/mol. The molecule has 2 aliphatic heterocycles. The smallest absolute Gasteiger partial charge is 0.119 e. The molecule has 0 bridgehead atoms. The number of nitrogens with zero attached hydrogens (tertiary/aromatic N) is 2. The van der Waals surface area contributed by atoms with Gasteiger partial charge in [0.25, 0.3) is 0 Å². The fraction of sp³-hybridized carbons (Fsp3) is 0.500. The van der Waals surface area contributed by atoms with Gasteiger partial charge in [-0.15, -0.1) is 0 Å². The van der Waals surface area contributed by atoms with Gasteiger partial charge in [0.05, 0.1) is 7.11 Å². The van der Waals surface area contributed by atoms with E-state index in [4.69, 9.17) is 4.74 Å². The molecular formula is C24H33N3O. The van der Waals surface area contributed by atoms with Crippen molar-refractivity contribution >= 4 is 5.69 Å². The topological polar surface area (TPSA) is 27.7 Å². The molecule has 2 aliphatic rings. The highest BCUT2D eigenvalue weighted by molar-refractivity contribution is 5.69. The van der Waals surface area contributed by atoms with E-state index in [2.05, 4.69) is 64.6 Å². The summed E-state index contributed by atoms with van der Waals surface area (Å²) in [5.41, 5.74) is 3.81. The number of likely N-dealkylation sites (tertiary alicyclic amines) is 1. The lowest BCUT2D eigenvalue weighted by molar-refractivity contribution is 0.126.